The van der Waals surface area contributed by atoms with Gasteiger partial charge in [-0.25, -0.2) is 4.39 Å². The van der Waals surface area contributed by atoms with Crippen LogP contribution < -0.4 is 15.8 Å². The van der Waals surface area contributed by atoms with Gasteiger partial charge in [0.15, 0.2) is 0 Å². The van der Waals surface area contributed by atoms with Gasteiger partial charge in [-0.15, -0.1) is 0 Å². The van der Waals surface area contributed by atoms with Crippen LogP contribution in [0.25, 0.3) is 11.1 Å². The molecule has 34 heavy (non-hydrogen) atoms. The molecule has 0 bridgehead atoms. The zero-order valence-electron chi connectivity index (χ0n) is 20.3. The number of amides is 1. The maximum absolute atomic E-state index is 13.4. The monoisotopic (exact) mass is 476 g/mol. The van der Waals surface area contributed by atoms with Crippen molar-refractivity contribution in [2.24, 2.45) is 11.7 Å². The maximum Gasteiger partial charge on any atom is 0.225 e. The molecule has 0 fully saturated rings. The quantitative estimate of drug-likeness (QED) is 0.341. The van der Waals surface area contributed by atoms with Crippen LogP contribution in [0.3, 0.4) is 0 Å². The largest absolute Gasteiger partial charge is 0.493 e. The zero-order chi connectivity index (χ0) is 24.9. The van der Waals surface area contributed by atoms with Crippen LogP contribution in [0.2, 0.25) is 0 Å². The van der Waals surface area contributed by atoms with Crippen molar-refractivity contribution >= 4 is 5.91 Å². The fourth-order valence-electron chi connectivity index (χ4n) is 3.61. The Kier molecular flexibility index (Phi) is 12.0. The van der Waals surface area contributed by atoms with Crippen molar-refractivity contribution in [1.29, 1.82) is 0 Å². The molecule has 7 nitrogen and oxygen atoms in total. The molecule has 8 heteroatoms. The summed E-state index contributed by atoms with van der Waals surface area (Å²) < 4.78 is 30.2. The minimum Gasteiger partial charge on any atom is -0.493 e. The van der Waals surface area contributed by atoms with Crippen molar-refractivity contribution in [2.45, 2.75) is 44.9 Å². The number of ether oxygens (including phenoxy) is 3. The summed E-state index contributed by atoms with van der Waals surface area (Å²) in [6.07, 6.45) is 1.04. The Morgan fingerprint density at radius 1 is 1.15 bits per heavy atom. The number of aliphatic hydroxyl groups excluding tert-OH is 1. The van der Waals surface area contributed by atoms with E-state index in [0.29, 0.717) is 45.0 Å². The van der Waals surface area contributed by atoms with E-state index < -0.39 is 12.0 Å². The van der Waals surface area contributed by atoms with Crippen LogP contribution in [0.15, 0.2) is 42.5 Å². The molecule has 0 radical (unpaired) electrons. The molecule has 0 saturated carbocycles. The van der Waals surface area contributed by atoms with Crippen molar-refractivity contribution < 1.29 is 28.5 Å². The lowest BCUT2D eigenvalue weighted by Crippen LogP contribution is -2.36. The van der Waals surface area contributed by atoms with Crippen molar-refractivity contribution in [3.63, 3.8) is 0 Å². The van der Waals surface area contributed by atoms with Crippen LogP contribution in [0.1, 0.15) is 31.7 Å². The van der Waals surface area contributed by atoms with Gasteiger partial charge in [0.05, 0.1) is 31.8 Å². The van der Waals surface area contributed by atoms with E-state index in [9.17, 15) is 14.3 Å². The van der Waals surface area contributed by atoms with Gasteiger partial charge in [0.1, 0.15) is 11.6 Å². The molecule has 1 amide bonds. The lowest BCUT2D eigenvalue weighted by Gasteiger charge is -2.20. The van der Waals surface area contributed by atoms with Gasteiger partial charge in [-0.1, -0.05) is 24.3 Å². The summed E-state index contributed by atoms with van der Waals surface area (Å²) in [4.78, 5) is 11.9. The predicted molar refractivity (Wildman–Crippen MR) is 130 cm³/mol. The number of nitrogens with one attached hydrogen (secondary N) is 1. The van der Waals surface area contributed by atoms with Gasteiger partial charge < -0.3 is 30.4 Å². The minimum atomic E-state index is -0.741. The molecule has 0 aromatic heterocycles. The second-order valence-corrected chi connectivity index (χ2v) is 8.35. The first kappa shape index (κ1) is 27.7. The highest BCUT2D eigenvalue weighted by Crippen LogP contribution is 2.31. The van der Waals surface area contributed by atoms with Crippen molar-refractivity contribution in [3.05, 3.63) is 53.8 Å². The van der Waals surface area contributed by atoms with Gasteiger partial charge in [-0.3, -0.25) is 4.79 Å². The molecule has 0 spiro atoms. The topological polar surface area (TPSA) is 103 Å². The normalized spacial score (nSPS) is 13.8. The summed E-state index contributed by atoms with van der Waals surface area (Å²) in [7, 11) is 3.20. The Labute approximate surface area is 201 Å². The van der Waals surface area contributed by atoms with E-state index in [1.165, 1.54) is 12.1 Å². The molecule has 4 N–H and O–H groups in total. The first-order chi connectivity index (χ1) is 16.3. The van der Waals surface area contributed by atoms with Gasteiger partial charge in [-0.05, 0) is 49.1 Å². The molecule has 0 aliphatic rings. The average Bonchev–Trinajstić information content (AvgIpc) is 2.82. The Balaban J connectivity index is 1.96. The molecular weight excluding hydrogens is 439 g/mol. The number of aliphatic hydroxyl groups is 1. The first-order valence-corrected chi connectivity index (χ1v) is 11.6. The van der Waals surface area contributed by atoms with E-state index in [1.54, 1.807) is 33.2 Å². The van der Waals surface area contributed by atoms with Gasteiger partial charge >= 0.3 is 0 Å². The summed E-state index contributed by atoms with van der Waals surface area (Å²) in [6.45, 7) is 3.37. The molecule has 188 valence electrons. The second kappa shape index (κ2) is 14.7. The van der Waals surface area contributed by atoms with E-state index in [1.807, 2.05) is 18.2 Å². The molecule has 3 atom stereocenters. The number of methoxy groups -OCH3 is 1. The molecule has 2 aromatic carbocycles. The Morgan fingerprint density at radius 2 is 1.88 bits per heavy atom. The SMILES string of the molecule is CNC(=O)[C@@H](CCC(N)COCc1ccc(-c2ccc(F)cc2)c(OCCCOC)c1)C(C)O. The lowest BCUT2D eigenvalue weighted by molar-refractivity contribution is -0.128. The number of hydrogen-bond acceptors (Lipinski definition) is 6. The van der Waals surface area contributed by atoms with E-state index in [-0.39, 0.29) is 17.8 Å². The number of carbonyl (C=O) groups is 1. The fraction of sp³-hybridized carbons (Fsp3) is 0.500. The van der Waals surface area contributed by atoms with Crippen LogP contribution in [-0.4, -0.2) is 57.1 Å². The highest BCUT2D eigenvalue weighted by molar-refractivity contribution is 5.78. The molecule has 0 aliphatic carbocycles. The Bertz CT molecular complexity index is 876. The summed E-state index contributed by atoms with van der Waals surface area (Å²) in [6, 6.07) is 11.8. The summed E-state index contributed by atoms with van der Waals surface area (Å²) in [5.41, 5.74) is 8.82. The molecule has 0 aliphatic heterocycles. The molecule has 2 rings (SSSR count). The molecular formula is C26H37FN2O5. The third-order valence-corrected chi connectivity index (χ3v) is 5.57. The van der Waals surface area contributed by atoms with Crippen LogP contribution >= 0.6 is 0 Å². The fourth-order valence-corrected chi connectivity index (χ4v) is 3.61. The van der Waals surface area contributed by atoms with Gasteiger partial charge in [0.25, 0.3) is 0 Å². The third-order valence-electron chi connectivity index (χ3n) is 5.57. The highest BCUT2D eigenvalue weighted by Gasteiger charge is 2.23. The number of benzene rings is 2. The van der Waals surface area contributed by atoms with Crippen molar-refractivity contribution in [2.75, 3.05) is 34.0 Å². The summed E-state index contributed by atoms with van der Waals surface area (Å²) in [5.74, 6) is -0.281. The second-order valence-electron chi connectivity index (χ2n) is 8.35. The van der Waals surface area contributed by atoms with Gasteiger partial charge in [0.2, 0.25) is 5.91 Å². The average molecular weight is 477 g/mol. The molecule has 2 unspecified atom stereocenters. The summed E-state index contributed by atoms with van der Waals surface area (Å²) >= 11 is 0. The minimum absolute atomic E-state index is 0.192. The van der Waals surface area contributed by atoms with Crippen LogP contribution in [-0.2, 0) is 20.9 Å². The van der Waals surface area contributed by atoms with Crippen LogP contribution in [0, 0.1) is 11.7 Å². The maximum atomic E-state index is 13.4. The zero-order valence-corrected chi connectivity index (χ0v) is 20.3. The molecule has 0 saturated heterocycles. The number of carbonyl (C=O) groups excluding carboxylic acids is 1. The number of hydrogen-bond donors (Lipinski definition) is 3. The molecule has 2 aromatic rings. The van der Waals surface area contributed by atoms with Crippen molar-refractivity contribution in [1.82, 2.24) is 5.32 Å². The van der Waals surface area contributed by atoms with E-state index in [0.717, 1.165) is 23.1 Å². The van der Waals surface area contributed by atoms with E-state index >= 15 is 0 Å². The number of nitrogens with two attached hydrogens (primary N) is 1. The third kappa shape index (κ3) is 9.02. The molecule has 0 heterocycles. The Morgan fingerprint density at radius 3 is 2.53 bits per heavy atom. The van der Waals surface area contributed by atoms with Crippen LogP contribution in [0.4, 0.5) is 4.39 Å². The smallest absolute Gasteiger partial charge is 0.225 e. The van der Waals surface area contributed by atoms with E-state index in [2.05, 4.69) is 5.32 Å². The van der Waals surface area contributed by atoms with E-state index in [4.69, 9.17) is 19.9 Å². The summed E-state index contributed by atoms with van der Waals surface area (Å²) in [5, 5.41) is 12.4. The lowest BCUT2D eigenvalue weighted by atomic mass is 9.95. The predicted octanol–water partition coefficient (Wildman–Crippen LogP) is 3.28. The van der Waals surface area contributed by atoms with Crippen LogP contribution in [0.5, 0.6) is 5.75 Å². The van der Waals surface area contributed by atoms with Crippen molar-refractivity contribution in [3.8, 4) is 16.9 Å². The number of rotatable bonds is 15. The van der Waals surface area contributed by atoms with Gasteiger partial charge in [-0.2, -0.15) is 0 Å². The standard InChI is InChI=1S/C26H37FN2O5/c1-18(30)23(26(31)29-2)12-10-22(28)17-33-16-19-5-11-24(20-6-8-21(27)9-7-20)25(15-19)34-14-4-13-32-3/h5-9,11,15,18,22-23,30H,4,10,12-14,16-17,28H2,1-3H3,(H,29,31)/t18?,22?,23-/m0/s1. The number of halogens is 1. The Hall–Kier alpha value is -2.52. The first-order valence-electron chi connectivity index (χ1n) is 11.6. The van der Waals surface area contributed by atoms with Gasteiger partial charge in [0, 0.05) is 38.8 Å². The highest BCUT2D eigenvalue weighted by atomic mass is 19.1.